The Hall–Kier alpha value is -1.63. The minimum Gasteiger partial charge on any atom is -0.338 e. The van der Waals surface area contributed by atoms with Crippen molar-refractivity contribution in [3.8, 4) is 0 Å². The topological polar surface area (TPSA) is 84.0 Å². The first kappa shape index (κ1) is 17.4. The van der Waals surface area contributed by atoms with Crippen molar-refractivity contribution < 1.29 is 9.59 Å². The van der Waals surface area contributed by atoms with E-state index in [4.69, 9.17) is 0 Å². The van der Waals surface area contributed by atoms with Gasteiger partial charge < -0.3 is 5.32 Å². The molecule has 7 heteroatoms. The second-order valence-electron chi connectivity index (χ2n) is 5.24. The van der Waals surface area contributed by atoms with Gasteiger partial charge in [0.15, 0.2) is 5.16 Å². The second kappa shape index (κ2) is 7.97. The lowest BCUT2D eigenvalue weighted by atomic mass is 10.2. The van der Waals surface area contributed by atoms with Crippen LogP contribution in [-0.4, -0.2) is 34.2 Å². The molecule has 0 aliphatic carbocycles. The van der Waals surface area contributed by atoms with Gasteiger partial charge in [0.1, 0.15) is 0 Å². The first-order valence-electron chi connectivity index (χ1n) is 6.82. The fourth-order valence-electron chi connectivity index (χ4n) is 1.44. The summed E-state index contributed by atoms with van der Waals surface area (Å²) >= 11 is 1.22. The number of aryl methyl sites for hydroxylation is 2. The first-order valence-corrected chi connectivity index (χ1v) is 7.80. The van der Waals surface area contributed by atoms with Gasteiger partial charge in [-0.2, -0.15) is 0 Å². The van der Waals surface area contributed by atoms with E-state index in [2.05, 4.69) is 20.6 Å². The number of nitrogens with zero attached hydrogens (tertiary/aromatic N) is 2. The van der Waals surface area contributed by atoms with Gasteiger partial charge in [-0.15, -0.1) is 0 Å². The summed E-state index contributed by atoms with van der Waals surface area (Å²) < 4.78 is 0. The minimum atomic E-state index is -0.466. The number of imide groups is 1. The molecule has 0 aromatic carbocycles. The molecule has 0 fully saturated rings. The van der Waals surface area contributed by atoms with Crippen LogP contribution in [0.5, 0.6) is 0 Å². The van der Waals surface area contributed by atoms with Crippen LogP contribution >= 0.6 is 11.8 Å². The number of carbonyl (C=O) groups excluding carboxylic acids is 2. The molecule has 1 aromatic heterocycles. The Balaban J connectivity index is 2.45. The molecule has 0 saturated heterocycles. The van der Waals surface area contributed by atoms with Gasteiger partial charge in [-0.05, 0) is 32.3 Å². The highest BCUT2D eigenvalue weighted by atomic mass is 32.2. The minimum absolute atomic E-state index is 0.108. The van der Waals surface area contributed by atoms with Crippen LogP contribution in [0.1, 0.15) is 30.8 Å². The monoisotopic (exact) mass is 310 g/mol. The molecule has 6 nitrogen and oxygen atoms in total. The molecule has 1 aromatic rings. The predicted molar refractivity (Wildman–Crippen MR) is 83.3 cm³/mol. The van der Waals surface area contributed by atoms with Gasteiger partial charge in [0.2, 0.25) is 5.91 Å². The Labute approximate surface area is 129 Å². The zero-order valence-electron chi connectivity index (χ0n) is 13.1. The summed E-state index contributed by atoms with van der Waals surface area (Å²) in [6, 6.07) is -0.466. The number of rotatable bonds is 5. The molecule has 0 aliphatic rings. The molecule has 3 amide bonds. The summed E-state index contributed by atoms with van der Waals surface area (Å²) in [5.74, 6) is 0.0877. The van der Waals surface area contributed by atoms with Gasteiger partial charge in [-0.1, -0.05) is 25.6 Å². The van der Waals surface area contributed by atoms with Crippen molar-refractivity contribution in [2.24, 2.45) is 5.92 Å². The molecule has 2 N–H and O–H groups in total. The maximum absolute atomic E-state index is 11.7. The van der Waals surface area contributed by atoms with Crippen molar-refractivity contribution in [1.82, 2.24) is 20.6 Å². The quantitative estimate of drug-likeness (QED) is 0.642. The molecule has 0 spiro atoms. The van der Waals surface area contributed by atoms with E-state index >= 15 is 0 Å². The predicted octanol–water partition coefficient (Wildman–Crippen LogP) is 1.98. The number of aromatic nitrogens is 2. The fourth-order valence-corrected chi connectivity index (χ4v) is 2.18. The van der Waals surface area contributed by atoms with Gasteiger partial charge in [-0.3, -0.25) is 10.1 Å². The van der Waals surface area contributed by atoms with Crippen molar-refractivity contribution >= 4 is 23.7 Å². The third-order valence-corrected chi connectivity index (χ3v) is 3.72. The van der Waals surface area contributed by atoms with E-state index in [1.54, 1.807) is 0 Å². The van der Waals surface area contributed by atoms with Gasteiger partial charge in [0, 0.05) is 17.9 Å². The molecule has 1 heterocycles. The van der Waals surface area contributed by atoms with Crippen LogP contribution < -0.4 is 10.6 Å². The molecule has 0 aliphatic heterocycles. The summed E-state index contributed by atoms with van der Waals surface area (Å²) in [5, 5.41) is 5.46. The highest BCUT2D eigenvalue weighted by molar-refractivity contribution is 7.99. The van der Waals surface area contributed by atoms with Crippen LogP contribution in [0.15, 0.2) is 5.16 Å². The number of hydrogen-bond acceptors (Lipinski definition) is 5. The van der Waals surface area contributed by atoms with Crippen molar-refractivity contribution in [3.63, 3.8) is 0 Å². The van der Waals surface area contributed by atoms with Crippen LogP contribution in [0.25, 0.3) is 0 Å². The summed E-state index contributed by atoms with van der Waals surface area (Å²) in [6.07, 6.45) is 0. The van der Waals surface area contributed by atoms with Crippen molar-refractivity contribution in [1.29, 1.82) is 0 Å². The Morgan fingerprint density at radius 3 is 2.24 bits per heavy atom. The maximum atomic E-state index is 11.7. The number of nitrogens with one attached hydrogen (secondary N) is 2. The van der Waals surface area contributed by atoms with Gasteiger partial charge in [-0.25, -0.2) is 14.8 Å². The molecule has 0 atom stereocenters. The lowest BCUT2D eigenvalue weighted by Gasteiger charge is -2.09. The van der Waals surface area contributed by atoms with E-state index in [0.717, 1.165) is 17.0 Å². The fraction of sp³-hybridized carbons (Fsp3) is 0.571. The van der Waals surface area contributed by atoms with E-state index in [1.807, 2.05) is 34.6 Å². The molecule has 0 unspecified atom stereocenters. The summed E-state index contributed by atoms with van der Waals surface area (Å²) in [4.78, 5) is 31.7. The van der Waals surface area contributed by atoms with Gasteiger partial charge in [0.05, 0.1) is 5.75 Å². The summed E-state index contributed by atoms with van der Waals surface area (Å²) in [5.41, 5.74) is 2.86. The number of carbonyl (C=O) groups is 2. The largest absolute Gasteiger partial charge is 0.338 e. The van der Waals surface area contributed by atoms with E-state index in [0.29, 0.717) is 17.6 Å². The molecular formula is C14H22N4O2S. The third-order valence-electron chi connectivity index (χ3n) is 2.87. The van der Waals surface area contributed by atoms with Crippen molar-refractivity contribution in [2.45, 2.75) is 39.8 Å². The first-order chi connectivity index (χ1) is 9.79. The van der Waals surface area contributed by atoms with Crippen LogP contribution in [-0.2, 0) is 4.79 Å². The molecule has 1 rings (SSSR count). The number of thioether (sulfide) groups is 1. The zero-order valence-corrected chi connectivity index (χ0v) is 13.9. The highest BCUT2D eigenvalue weighted by Gasteiger charge is 2.11. The van der Waals surface area contributed by atoms with Crippen LogP contribution in [0.3, 0.4) is 0 Å². The lowest BCUT2D eigenvalue weighted by Crippen LogP contribution is -2.41. The Morgan fingerprint density at radius 2 is 1.71 bits per heavy atom. The van der Waals surface area contributed by atoms with Crippen LogP contribution in [0.4, 0.5) is 4.79 Å². The van der Waals surface area contributed by atoms with E-state index < -0.39 is 6.03 Å². The molecule has 21 heavy (non-hydrogen) atoms. The lowest BCUT2D eigenvalue weighted by molar-refractivity contribution is -0.117. The van der Waals surface area contributed by atoms with Crippen molar-refractivity contribution in [3.05, 3.63) is 17.0 Å². The summed E-state index contributed by atoms with van der Waals surface area (Å²) in [7, 11) is 0. The van der Waals surface area contributed by atoms with Gasteiger partial charge >= 0.3 is 6.03 Å². The molecule has 0 saturated carbocycles. The third kappa shape index (κ3) is 6.12. The van der Waals surface area contributed by atoms with Crippen LogP contribution in [0, 0.1) is 26.7 Å². The van der Waals surface area contributed by atoms with E-state index in [-0.39, 0.29) is 11.7 Å². The molecule has 0 radical (unpaired) electrons. The maximum Gasteiger partial charge on any atom is 0.321 e. The van der Waals surface area contributed by atoms with E-state index in [1.165, 1.54) is 11.8 Å². The Kier molecular flexibility index (Phi) is 6.61. The number of urea groups is 1. The smallest absolute Gasteiger partial charge is 0.321 e. The van der Waals surface area contributed by atoms with Gasteiger partial charge in [0.25, 0.3) is 0 Å². The Bertz CT molecular complexity index is 509. The van der Waals surface area contributed by atoms with Crippen molar-refractivity contribution in [2.75, 3.05) is 12.3 Å². The standard InChI is InChI=1S/C14H22N4O2S/c1-8(2)6-15-13(20)18-12(19)7-21-14-16-10(4)9(3)11(5)17-14/h8H,6-7H2,1-5H3,(H2,15,18,19,20). The number of hydrogen-bond donors (Lipinski definition) is 2. The van der Waals surface area contributed by atoms with Crippen LogP contribution in [0.2, 0.25) is 0 Å². The zero-order chi connectivity index (χ0) is 16.0. The average Bonchev–Trinajstić information content (AvgIpc) is 2.40. The van der Waals surface area contributed by atoms with E-state index in [9.17, 15) is 9.59 Å². The highest BCUT2D eigenvalue weighted by Crippen LogP contribution is 2.16. The summed E-state index contributed by atoms with van der Waals surface area (Å²) in [6.45, 7) is 10.3. The normalized spacial score (nSPS) is 10.6. The SMILES string of the molecule is Cc1nc(SCC(=O)NC(=O)NCC(C)C)nc(C)c1C. The average molecular weight is 310 g/mol. The molecular weight excluding hydrogens is 288 g/mol. The molecule has 0 bridgehead atoms. The molecule has 116 valence electrons. The number of amides is 3. The second-order valence-corrected chi connectivity index (χ2v) is 6.19. The Morgan fingerprint density at radius 1 is 1.14 bits per heavy atom.